The van der Waals surface area contributed by atoms with Gasteiger partial charge in [0.05, 0.1) is 19.3 Å². The molecular weight excluding hydrogens is 319 g/mol. The Hall–Kier alpha value is -1.66. The van der Waals surface area contributed by atoms with Crippen LogP contribution >= 0.6 is 0 Å². The van der Waals surface area contributed by atoms with E-state index in [1.807, 2.05) is 13.0 Å². The van der Waals surface area contributed by atoms with Gasteiger partial charge >= 0.3 is 0 Å². The lowest BCUT2D eigenvalue weighted by Gasteiger charge is -2.38. The Morgan fingerprint density at radius 1 is 1.44 bits per heavy atom. The fraction of sp³-hybridized carbons (Fsp3) is 0.632. The van der Waals surface area contributed by atoms with Gasteiger partial charge < -0.3 is 15.4 Å². The number of aryl methyl sites for hydroxylation is 1. The molecule has 0 aliphatic carbocycles. The van der Waals surface area contributed by atoms with Crippen molar-refractivity contribution in [3.8, 4) is 0 Å². The second-order valence-electron chi connectivity index (χ2n) is 6.84. The van der Waals surface area contributed by atoms with Crippen LogP contribution in [0, 0.1) is 12.7 Å². The van der Waals surface area contributed by atoms with Crippen molar-refractivity contribution in [3.63, 3.8) is 0 Å². The Balaban J connectivity index is 1.88. The second-order valence-corrected chi connectivity index (χ2v) is 6.84. The van der Waals surface area contributed by atoms with Crippen molar-refractivity contribution in [3.05, 3.63) is 35.1 Å². The maximum Gasteiger partial charge on any atom is 0.191 e. The van der Waals surface area contributed by atoms with E-state index in [0.717, 1.165) is 37.8 Å². The number of halogens is 1. The number of rotatable bonds is 5. The van der Waals surface area contributed by atoms with Crippen LogP contribution in [0.5, 0.6) is 0 Å². The van der Waals surface area contributed by atoms with E-state index in [2.05, 4.69) is 34.4 Å². The van der Waals surface area contributed by atoms with E-state index in [1.54, 1.807) is 26.1 Å². The normalized spacial score (nSPS) is 21.7. The molecule has 3 atom stereocenters. The summed E-state index contributed by atoms with van der Waals surface area (Å²) in [6, 6.07) is 6.11. The van der Waals surface area contributed by atoms with Gasteiger partial charge in [-0.2, -0.15) is 0 Å². The molecule has 1 fully saturated rings. The van der Waals surface area contributed by atoms with Crippen molar-refractivity contribution < 1.29 is 9.13 Å². The maximum absolute atomic E-state index is 13.8. The van der Waals surface area contributed by atoms with Crippen LogP contribution in [0.3, 0.4) is 0 Å². The number of guanidine groups is 1. The molecule has 2 N–H and O–H groups in total. The van der Waals surface area contributed by atoms with Crippen LogP contribution in [0.15, 0.2) is 23.2 Å². The quantitative estimate of drug-likeness (QED) is 0.633. The standard InChI is InChI=1S/C19H31FN4O/c1-13-6-7-17(10-18(13)20)16(4)23-19(21-5)22-11-14(2)24-8-9-25-12-15(24)3/h6-7,10,14-16H,8-9,11-12H2,1-5H3,(H2,21,22,23). The van der Waals surface area contributed by atoms with E-state index in [4.69, 9.17) is 4.74 Å². The number of ether oxygens (including phenoxy) is 1. The summed E-state index contributed by atoms with van der Waals surface area (Å²) in [7, 11) is 1.75. The lowest BCUT2D eigenvalue weighted by molar-refractivity contribution is -0.0174. The van der Waals surface area contributed by atoms with Crippen molar-refractivity contribution >= 4 is 5.96 Å². The zero-order valence-electron chi connectivity index (χ0n) is 16.0. The number of aliphatic imine (C=N–C) groups is 1. The highest BCUT2D eigenvalue weighted by atomic mass is 19.1. The average Bonchev–Trinajstić information content (AvgIpc) is 2.60. The van der Waals surface area contributed by atoms with Gasteiger partial charge in [-0.3, -0.25) is 9.89 Å². The summed E-state index contributed by atoms with van der Waals surface area (Å²) in [6.07, 6.45) is 0. The molecule has 1 aliphatic heterocycles. The minimum Gasteiger partial charge on any atom is -0.379 e. The molecule has 140 valence electrons. The van der Waals surface area contributed by atoms with Crippen LogP contribution in [0.4, 0.5) is 4.39 Å². The van der Waals surface area contributed by atoms with Gasteiger partial charge in [0.25, 0.3) is 0 Å². The predicted molar refractivity (Wildman–Crippen MR) is 100 cm³/mol. The molecular formula is C19H31FN4O. The Bertz CT molecular complexity index is 593. The van der Waals surface area contributed by atoms with E-state index in [1.165, 1.54) is 0 Å². The zero-order valence-corrected chi connectivity index (χ0v) is 16.0. The molecule has 1 heterocycles. The number of morpholine rings is 1. The van der Waals surface area contributed by atoms with E-state index in [9.17, 15) is 4.39 Å². The summed E-state index contributed by atoms with van der Waals surface area (Å²) >= 11 is 0. The van der Waals surface area contributed by atoms with Crippen molar-refractivity contribution in [1.29, 1.82) is 0 Å². The molecule has 0 bridgehead atoms. The van der Waals surface area contributed by atoms with Crippen LogP contribution < -0.4 is 10.6 Å². The lowest BCUT2D eigenvalue weighted by atomic mass is 10.1. The molecule has 1 aromatic carbocycles. The SMILES string of the molecule is CN=C(NCC(C)N1CCOCC1C)NC(C)c1ccc(C)c(F)c1. The fourth-order valence-electron chi connectivity index (χ4n) is 3.12. The van der Waals surface area contributed by atoms with Crippen molar-refractivity contribution in [2.75, 3.05) is 33.4 Å². The Labute approximate surface area is 150 Å². The Morgan fingerprint density at radius 2 is 2.20 bits per heavy atom. The molecule has 0 aromatic heterocycles. The third-order valence-electron chi connectivity index (χ3n) is 4.82. The molecule has 2 rings (SSSR count). The lowest BCUT2D eigenvalue weighted by Crippen LogP contribution is -2.53. The van der Waals surface area contributed by atoms with Crippen LogP contribution in [-0.2, 0) is 4.74 Å². The molecule has 0 radical (unpaired) electrons. The second kappa shape index (κ2) is 9.15. The highest BCUT2D eigenvalue weighted by Crippen LogP contribution is 2.16. The molecule has 6 heteroatoms. The predicted octanol–water partition coefficient (Wildman–Crippen LogP) is 2.47. The van der Waals surface area contributed by atoms with Gasteiger partial charge in [-0.25, -0.2) is 4.39 Å². The zero-order chi connectivity index (χ0) is 18.4. The van der Waals surface area contributed by atoms with Gasteiger partial charge in [-0.1, -0.05) is 12.1 Å². The topological polar surface area (TPSA) is 48.9 Å². The van der Waals surface area contributed by atoms with Gasteiger partial charge in [-0.05, 0) is 44.9 Å². The van der Waals surface area contributed by atoms with Gasteiger partial charge in [0.1, 0.15) is 5.82 Å². The fourth-order valence-corrected chi connectivity index (χ4v) is 3.12. The van der Waals surface area contributed by atoms with Gasteiger partial charge in [0, 0.05) is 32.2 Å². The van der Waals surface area contributed by atoms with Gasteiger partial charge in [-0.15, -0.1) is 0 Å². The van der Waals surface area contributed by atoms with Crippen LogP contribution in [0.1, 0.15) is 37.9 Å². The number of benzene rings is 1. The van der Waals surface area contributed by atoms with Gasteiger partial charge in [0.15, 0.2) is 5.96 Å². The Morgan fingerprint density at radius 3 is 2.84 bits per heavy atom. The first-order chi connectivity index (χ1) is 11.9. The summed E-state index contributed by atoms with van der Waals surface area (Å²) < 4.78 is 19.3. The van der Waals surface area contributed by atoms with Crippen molar-refractivity contribution in [2.45, 2.75) is 45.8 Å². The summed E-state index contributed by atoms with van der Waals surface area (Å²) in [4.78, 5) is 6.73. The smallest absolute Gasteiger partial charge is 0.191 e. The van der Waals surface area contributed by atoms with Crippen LogP contribution in [0.2, 0.25) is 0 Å². The molecule has 3 unspecified atom stereocenters. The van der Waals surface area contributed by atoms with Crippen LogP contribution in [0.25, 0.3) is 0 Å². The number of hydrogen-bond acceptors (Lipinski definition) is 3. The first-order valence-corrected chi connectivity index (χ1v) is 8.99. The maximum atomic E-state index is 13.8. The van der Waals surface area contributed by atoms with E-state index in [0.29, 0.717) is 17.6 Å². The van der Waals surface area contributed by atoms with Gasteiger partial charge in [0.2, 0.25) is 0 Å². The molecule has 1 aliphatic rings. The van der Waals surface area contributed by atoms with Crippen LogP contribution in [-0.4, -0.2) is 56.3 Å². The molecule has 0 amide bonds. The molecule has 0 spiro atoms. The van der Waals surface area contributed by atoms with E-state index < -0.39 is 0 Å². The minimum absolute atomic E-state index is 0.0288. The van der Waals surface area contributed by atoms with E-state index >= 15 is 0 Å². The molecule has 0 saturated carbocycles. The largest absolute Gasteiger partial charge is 0.379 e. The molecule has 5 nitrogen and oxygen atoms in total. The van der Waals surface area contributed by atoms with Crippen molar-refractivity contribution in [2.24, 2.45) is 4.99 Å². The van der Waals surface area contributed by atoms with Crippen molar-refractivity contribution in [1.82, 2.24) is 15.5 Å². The summed E-state index contributed by atoms with van der Waals surface area (Å²) in [5, 5.41) is 6.70. The minimum atomic E-state index is -0.177. The molecule has 1 aromatic rings. The summed E-state index contributed by atoms with van der Waals surface area (Å²) in [6.45, 7) is 11.5. The third kappa shape index (κ3) is 5.41. The number of nitrogens with one attached hydrogen (secondary N) is 2. The Kier molecular flexibility index (Phi) is 7.20. The highest BCUT2D eigenvalue weighted by molar-refractivity contribution is 5.80. The van der Waals surface area contributed by atoms with E-state index in [-0.39, 0.29) is 11.9 Å². The summed E-state index contributed by atoms with van der Waals surface area (Å²) in [5.74, 6) is 0.547. The monoisotopic (exact) mass is 350 g/mol. The average molecular weight is 350 g/mol. The number of nitrogens with zero attached hydrogens (tertiary/aromatic N) is 2. The first-order valence-electron chi connectivity index (χ1n) is 8.99. The third-order valence-corrected chi connectivity index (χ3v) is 4.82. The summed E-state index contributed by atoms with van der Waals surface area (Å²) in [5.41, 5.74) is 1.56. The first kappa shape index (κ1) is 19.7. The number of hydrogen-bond donors (Lipinski definition) is 2. The highest BCUT2D eigenvalue weighted by Gasteiger charge is 2.23. The molecule has 1 saturated heterocycles. The molecule has 25 heavy (non-hydrogen) atoms.